The molecule has 0 aliphatic heterocycles. The Hall–Kier alpha value is -2.68. The van der Waals surface area contributed by atoms with Crippen molar-refractivity contribution in [1.29, 1.82) is 0 Å². The molecule has 2 aromatic rings. The first-order valence-electron chi connectivity index (χ1n) is 7.32. The molecule has 0 fully saturated rings. The Morgan fingerprint density at radius 1 is 1.44 bits per heavy atom. The molecular formula is C15H16ClN3O6. The molecule has 2 atom stereocenters. The van der Waals surface area contributed by atoms with E-state index in [2.05, 4.69) is 10.1 Å². The number of rotatable bonds is 7. The maximum absolute atomic E-state index is 12.3. The third kappa shape index (κ3) is 3.27. The fourth-order valence-corrected chi connectivity index (χ4v) is 2.46. The van der Waals surface area contributed by atoms with Gasteiger partial charge in [0.25, 0.3) is 0 Å². The van der Waals surface area contributed by atoms with Gasteiger partial charge < -0.3 is 14.0 Å². The van der Waals surface area contributed by atoms with Crippen molar-refractivity contribution in [1.82, 2.24) is 10.1 Å². The van der Waals surface area contributed by atoms with E-state index >= 15 is 0 Å². The van der Waals surface area contributed by atoms with E-state index in [9.17, 15) is 14.9 Å². The zero-order valence-electron chi connectivity index (χ0n) is 13.8. The summed E-state index contributed by atoms with van der Waals surface area (Å²) in [4.78, 5) is 27.1. The smallest absolute Gasteiger partial charge is 0.408 e. The van der Waals surface area contributed by atoms with E-state index in [0.29, 0.717) is 11.3 Å². The molecule has 1 aromatic heterocycles. The average Bonchev–Trinajstić information content (AvgIpc) is 3.05. The number of alkyl halides is 1. The van der Waals surface area contributed by atoms with Crippen LogP contribution in [0.25, 0.3) is 11.4 Å². The summed E-state index contributed by atoms with van der Waals surface area (Å²) in [6.45, 7) is 2.76. The maximum atomic E-state index is 12.3. The second-order valence-corrected chi connectivity index (χ2v) is 5.67. The van der Waals surface area contributed by atoms with Gasteiger partial charge in [0, 0.05) is 10.5 Å². The summed E-state index contributed by atoms with van der Waals surface area (Å²) < 4.78 is 14.9. The topological polar surface area (TPSA) is 118 Å². The molecule has 0 N–H and O–H groups in total. The van der Waals surface area contributed by atoms with Crippen LogP contribution in [0.4, 0.5) is 0 Å². The van der Waals surface area contributed by atoms with E-state index in [1.165, 1.54) is 21.0 Å². The van der Waals surface area contributed by atoms with E-state index in [1.54, 1.807) is 24.3 Å². The van der Waals surface area contributed by atoms with Gasteiger partial charge in [0.05, 0.1) is 13.7 Å². The first-order chi connectivity index (χ1) is 11.9. The molecule has 9 nitrogen and oxygen atoms in total. The molecule has 134 valence electrons. The fraction of sp³-hybridized carbons (Fsp3) is 0.400. The zero-order chi connectivity index (χ0) is 18.6. The molecule has 25 heavy (non-hydrogen) atoms. The van der Waals surface area contributed by atoms with Crippen molar-refractivity contribution in [3.63, 3.8) is 0 Å². The summed E-state index contributed by atoms with van der Waals surface area (Å²) in [5, 5.41) is 14.1. The Morgan fingerprint density at radius 3 is 2.56 bits per heavy atom. The van der Waals surface area contributed by atoms with Crippen molar-refractivity contribution in [2.45, 2.75) is 24.8 Å². The van der Waals surface area contributed by atoms with Crippen molar-refractivity contribution in [3.8, 4) is 17.1 Å². The van der Waals surface area contributed by atoms with Gasteiger partial charge in [-0.1, -0.05) is 5.16 Å². The molecule has 0 bridgehead atoms. The molecule has 0 spiro atoms. The van der Waals surface area contributed by atoms with Gasteiger partial charge in [-0.15, -0.1) is 11.6 Å². The number of nitrogens with zero attached hydrogens (tertiary/aromatic N) is 3. The monoisotopic (exact) mass is 369 g/mol. The fourth-order valence-electron chi connectivity index (χ4n) is 2.19. The highest BCUT2D eigenvalue weighted by molar-refractivity contribution is 6.22. The van der Waals surface area contributed by atoms with Crippen molar-refractivity contribution in [2.24, 2.45) is 0 Å². The van der Waals surface area contributed by atoms with Crippen LogP contribution in [-0.2, 0) is 15.1 Å². The van der Waals surface area contributed by atoms with Gasteiger partial charge in [-0.05, 0) is 38.1 Å². The molecule has 0 aliphatic carbocycles. The van der Waals surface area contributed by atoms with Crippen LogP contribution in [0.1, 0.15) is 19.7 Å². The lowest BCUT2D eigenvalue weighted by molar-refractivity contribution is -0.567. The van der Waals surface area contributed by atoms with Crippen LogP contribution >= 0.6 is 11.6 Å². The number of carbonyl (C=O) groups excluding carboxylic acids is 1. The normalized spacial score (nSPS) is 14.4. The third-order valence-electron chi connectivity index (χ3n) is 3.55. The molecule has 0 radical (unpaired) electrons. The molecule has 1 heterocycles. The molecule has 0 aliphatic rings. The zero-order valence-corrected chi connectivity index (χ0v) is 14.5. The predicted octanol–water partition coefficient (Wildman–Crippen LogP) is 2.41. The first-order valence-corrected chi connectivity index (χ1v) is 7.75. The van der Waals surface area contributed by atoms with E-state index in [4.69, 9.17) is 25.6 Å². The summed E-state index contributed by atoms with van der Waals surface area (Å²) in [5.74, 6) is -1.00. The second-order valence-electron chi connectivity index (χ2n) is 5.01. The van der Waals surface area contributed by atoms with Gasteiger partial charge >= 0.3 is 17.4 Å². The largest absolute Gasteiger partial charge is 0.497 e. The van der Waals surface area contributed by atoms with Gasteiger partial charge in [-0.3, -0.25) is 10.1 Å². The third-order valence-corrected chi connectivity index (χ3v) is 3.87. The van der Waals surface area contributed by atoms with Gasteiger partial charge in [0.2, 0.25) is 5.82 Å². The van der Waals surface area contributed by atoms with Crippen molar-refractivity contribution in [3.05, 3.63) is 40.3 Å². The number of halogens is 1. The Balaban J connectivity index is 2.50. The van der Waals surface area contributed by atoms with Crippen molar-refractivity contribution >= 4 is 17.6 Å². The quantitative estimate of drug-likeness (QED) is 0.316. The Kier molecular flexibility index (Phi) is 5.58. The van der Waals surface area contributed by atoms with Crippen LogP contribution in [0.15, 0.2) is 28.8 Å². The highest BCUT2D eigenvalue weighted by atomic mass is 35.5. The van der Waals surface area contributed by atoms with Crippen molar-refractivity contribution < 1.29 is 23.7 Å². The number of esters is 1. The van der Waals surface area contributed by atoms with E-state index < -0.39 is 27.7 Å². The maximum Gasteiger partial charge on any atom is 0.408 e. The van der Waals surface area contributed by atoms with Crippen LogP contribution < -0.4 is 4.74 Å². The van der Waals surface area contributed by atoms with Crippen LogP contribution in [-0.4, -0.2) is 40.1 Å². The number of methoxy groups -OCH3 is 1. The Morgan fingerprint density at radius 2 is 2.08 bits per heavy atom. The van der Waals surface area contributed by atoms with E-state index in [0.717, 1.165) is 0 Å². The number of hydrogen-bond donors (Lipinski definition) is 0. The van der Waals surface area contributed by atoms with Gasteiger partial charge in [0.1, 0.15) is 11.1 Å². The first kappa shape index (κ1) is 18.7. The van der Waals surface area contributed by atoms with E-state index in [1.807, 2.05) is 0 Å². The summed E-state index contributed by atoms with van der Waals surface area (Å²) >= 11 is 5.97. The number of carbonyl (C=O) groups is 1. The molecule has 2 unspecified atom stereocenters. The number of nitro groups is 1. The minimum atomic E-state index is -2.49. The minimum absolute atomic E-state index is 0.0580. The molecule has 1 aromatic carbocycles. The Bertz CT molecular complexity index is 761. The molecule has 2 rings (SSSR count). The van der Waals surface area contributed by atoms with Crippen LogP contribution in [0, 0.1) is 10.1 Å². The number of benzene rings is 1. The molecular weight excluding hydrogens is 354 g/mol. The highest BCUT2D eigenvalue weighted by Crippen LogP contribution is 2.34. The predicted molar refractivity (Wildman–Crippen MR) is 86.9 cm³/mol. The number of aromatic nitrogens is 2. The molecule has 10 heteroatoms. The summed E-state index contributed by atoms with van der Waals surface area (Å²) in [6.07, 6.45) is 0. The van der Waals surface area contributed by atoms with Crippen molar-refractivity contribution in [2.75, 3.05) is 13.7 Å². The minimum Gasteiger partial charge on any atom is -0.497 e. The van der Waals surface area contributed by atoms with Crippen LogP contribution in [0.5, 0.6) is 5.75 Å². The van der Waals surface area contributed by atoms with E-state index in [-0.39, 0.29) is 12.4 Å². The van der Waals surface area contributed by atoms with Crippen LogP contribution in [0.2, 0.25) is 0 Å². The van der Waals surface area contributed by atoms with Gasteiger partial charge in [-0.25, -0.2) is 4.79 Å². The summed E-state index contributed by atoms with van der Waals surface area (Å²) in [6, 6.07) is 6.63. The number of ether oxygens (including phenoxy) is 2. The second kappa shape index (κ2) is 7.47. The van der Waals surface area contributed by atoms with Gasteiger partial charge in [0.15, 0.2) is 0 Å². The summed E-state index contributed by atoms with van der Waals surface area (Å²) in [7, 11) is 1.52. The summed E-state index contributed by atoms with van der Waals surface area (Å²) in [5.41, 5.74) is -1.96. The Labute approximate surface area is 148 Å². The molecule has 0 amide bonds. The average molecular weight is 370 g/mol. The number of hydrogen-bond acceptors (Lipinski definition) is 8. The van der Waals surface area contributed by atoms with Gasteiger partial charge in [-0.2, -0.15) is 4.98 Å². The lowest BCUT2D eigenvalue weighted by Crippen LogP contribution is -2.51. The lowest BCUT2D eigenvalue weighted by Gasteiger charge is -2.21. The SMILES string of the molecule is CCOC(=O)C(c1nc(-c2ccc(OC)cc2)no1)(C(C)Cl)[N+](=O)[O-]. The molecule has 0 saturated heterocycles. The standard InChI is InChI=1S/C15H16ClN3O6/c1-4-24-14(20)15(9(2)16,19(21)22)13-17-12(18-25-13)10-5-7-11(23-3)8-6-10/h5-9H,4H2,1-3H3. The highest BCUT2D eigenvalue weighted by Gasteiger charge is 2.63. The lowest BCUT2D eigenvalue weighted by atomic mass is 9.96. The molecule has 0 saturated carbocycles. The van der Waals surface area contributed by atoms with Crippen LogP contribution in [0.3, 0.4) is 0 Å².